The third-order valence-corrected chi connectivity index (χ3v) is 4.43. The van der Waals surface area contributed by atoms with Crippen LogP contribution >= 0.6 is 0 Å². The third kappa shape index (κ3) is 2.22. The highest BCUT2D eigenvalue weighted by Gasteiger charge is 2.31. The summed E-state index contributed by atoms with van der Waals surface area (Å²) < 4.78 is 0. The SMILES string of the molecule is [Mg].c1ccc2c(c1)CC1c3ccccc3CCN1C2. The van der Waals surface area contributed by atoms with Crippen LogP contribution in [0.2, 0.25) is 0 Å². The molecule has 0 aromatic heterocycles. The van der Waals surface area contributed by atoms with Crippen molar-refractivity contribution in [1.82, 2.24) is 4.90 Å². The largest absolute Gasteiger partial charge is 0.291 e. The van der Waals surface area contributed by atoms with Crippen molar-refractivity contribution in [3.63, 3.8) is 0 Å². The standard InChI is InChI=1S/C17H17N.Mg/c1-2-7-15-12-18-10-9-13-5-3-4-8-16(13)17(18)11-14(15)6-1;/h1-8,17H,9-12H2;. The Balaban J connectivity index is 0.00000110. The zero-order chi connectivity index (χ0) is 11.9. The van der Waals surface area contributed by atoms with Crippen LogP contribution in [0.25, 0.3) is 0 Å². The lowest BCUT2D eigenvalue weighted by atomic mass is 9.84. The number of nitrogens with zero attached hydrogens (tertiary/aromatic N) is 1. The van der Waals surface area contributed by atoms with E-state index < -0.39 is 0 Å². The Morgan fingerprint density at radius 3 is 2.37 bits per heavy atom. The van der Waals surface area contributed by atoms with Gasteiger partial charge in [0, 0.05) is 42.2 Å². The minimum absolute atomic E-state index is 0. The minimum atomic E-state index is 0. The maximum absolute atomic E-state index is 2.64. The van der Waals surface area contributed by atoms with Gasteiger partial charge < -0.3 is 0 Å². The van der Waals surface area contributed by atoms with Crippen LogP contribution in [0.3, 0.4) is 0 Å². The second-order valence-electron chi connectivity index (χ2n) is 5.41. The Morgan fingerprint density at radius 2 is 1.53 bits per heavy atom. The molecule has 2 aromatic rings. The molecular weight excluding hydrogens is 242 g/mol. The molecule has 0 bridgehead atoms. The first kappa shape index (κ1) is 13.2. The summed E-state index contributed by atoms with van der Waals surface area (Å²) in [6, 6.07) is 18.5. The first-order valence-corrected chi connectivity index (χ1v) is 6.80. The van der Waals surface area contributed by atoms with Gasteiger partial charge in [0.1, 0.15) is 0 Å². The van der Waals surface area contributed by atoms with Crippen LogP contribution in [0.1, 0.15) is 28.3 Å². The summed E-state index contributed by atoms with van der Waals surface area (Å²) >= 11 is 0. The molecule has 19 heavy (non-hydrogen) atoms. The van der Waals surface area contributed by atoms with Crippen LogP contribution < -0.4 is 0 Å². The van der Waals surface area contributed by atoms with E-state index in [1.165, 1.54) is 30.5 Å². The molecule has 2 heteroatoms. The summed E-state index contributed by atoms with van der Waals surface area (Å²) in [7, 11) is 0. The average Bonchev–Trinajstić information content (AvgIpc) is 2.45. The highest BCUT2D eigenvalue weighted by atomic mass is 24.3. The summed E-state index contributed by atoms with van der Waals surface area (Å²) in [6.45, 7) is 2.32. The van der Waals surface area contributed by atoms with Crippen LogP contribution in [0.4, 0.5) is 0 Å². The highest BCUT2D eigenvalue weighted by molar-refractivity contribution is 5.75. The zero-order valence-electron chi connectivity index (χ0n) is 11.2. The van der Waals surface area contributed by atoms with Crippen molar-refractivity contribution < 1.29 is 0 Å². The summed E-state index contributed by atoms with van der Waals surface area (Å²) in [4.78, 5) is 2.64. The van der Waals surface area contributed by atoms with E-state index in [-0.39, 0.29) is 23.1 Å². The number of benzene rings is 2. The predicted molar refractivity (Wildman–Crippen MR) is 79.2 cm³/mol. The van der Waals surface area contributed by atoms with Crippen molar-refractivity contribution in [3.05, 3.63) is 70.8 Å². The lowest BCUT2D eigenvalue weighted by Crippen LogP contribution is -2.39. The molecule has 2 radical (unpaired) electrons. The smallest absolute Gasteiger partial charge is 0.0394 e. The molecular formula is C17H17MgN. The average molecular weight is 260 g/mol. The van der Waals surface area contributed by atoms with E-state index in [1.54, 1.807) is 11.1 Å². The van der Waals surface area contributed by atoms with Gasteiger partial charge in [0.15, 0.2) is 0 Å². The molecule has 1 atom stereocenters. The topological polar surface area (TPSA) is 3.24 Å². The molecule has 0 spiro atoms. The van der Waals surface area contributed by atoms with Gasteiger partial charge in [-0.05, 0) is 35.1 Å². The van der Waals surface area contributed by atoms with Crippen LogP contribution in [-0.4, -0.2) is 34.5 Å². The molecule has 2 heterocycles. The normalized spacial score (nSPS) is 20.7. The van der Waals surface area contributed by atoms with Crippen molar-refractivity contribution in [2.45, 2.75) is 25.4 Å². The van der Waals surface area contributed by atoms with E-state index in [2.05, 4.69) is 53.4 Å². The molecule has 0 fully saturated rings. The van der Waals surface area contributed by atoms with E-state index in [1.807, 2.05) is 0 Å². The van der Waals surface area contributed by atoms with Gasteiger partial charge in [-0.2, -0.15) is 0 Å². The quantitative estimate of drug-likeness (QED) is 0.658. The minimum Gasteiger partial charge on any atom is -0.291 e. The molecule has 92 valence electrons. The zero-order valence-corrected chi connectivity index (χ0v) is 12.6. The summed E-state index contributed by atoms with van der Waals surface area (Å²) in [5.74, 6) is 0. The number of rotatable bonds is 0. The molecule has 0 amide bonds. The Morgan fingerprint density at radius 1 is 0.842 bits per heavy atom. The molecule has 2 aromatic carbocycles. The van der Waals surface area contributed by atoms with Crippen molar-refractivity contribution in [3.8, 4) is 0 Å². The Labute approximate surface area is 130 Å². The van der Waals surface area contributed by atoms with Gasteiger partial charge >= 0.3 is 0 Å². The van der Waals surface area contributed by atoms with E-state index in [4.69, 9.17) is 0 Å². The van der Waals surface area contributed by atoms with Crippen molar-refractivity contribution in [1.29, 1.82) is 0 Å². The molecule has 0 saturated carbocycles. The van der Waals surface area contributed by atoms with Gasteiger partial charge in [0.2, 0.25) is 0 Å². The maximum Gasteiger partial charge on any atom is 0.0394 e. The van der Waals surface area contributed by atoms with Gasteiger partial charge in [-0.15, -0.1) is 0 Å². The highest BCUT2D eigenvalue weighted by Crippen LogP contribution is 2.37. The van der Waals surface area contributed by atoms with Gasteiger partial charge in [-0.25, -0.2) is 0 Å². The molecule has 2 aliphatic rings. The van der Waals surface area contributed by atoms with Crippen molar-refractivity contribution >= 4 is 23.1 Å². The van der Waals surface area contributed by atoms with E-state index >= 15 is 0 Å². The van der Waals surface area contributed by atoms with Crippen LogP contribution in [0.15, 0.2) is 48.5 Å². The summed E-state index contributed by atoms with van der Waals surface area (Å²) in [6.07, 6.45) is 2.38. The Kier molecular flexibility index (Phi) is 3.65. The van der Waals surface area contributed by atoms with Gasteiger partial charge in [0.05, 0.1) is 0 Å². The molecule has 4 rings (SSSR count). The fourth-order valence-corrected chi connectivity index (χ4v) is 3.47. The summed E-state index contributed by atoms with van der Waals surface area (Å²) in [5, 5.41) is 0. The molecule has 2 aliphatic heterocycles. The van der Waals surface area contributed by atoms with E-state index in [9.17, 15) is 0 Å². The third-order valence-electron chi connectivity index (χ3n) is 4.43. The fourth-order valence-electron chi connectivity index (χ4n) is 3.47. The molecule has 1 nitrogen and oxygen atoms in total. The maximum atomic E-state index is 2.64. The second-order valence-corrected chi connectivity index (χ2v) is 5.41. The van der Waals surface area contributed by atoms with Crippen LogP contribution in [0, 0.1) is 0 Å². The lowest BCUT2D eigenvalue weighted by molar-refractivity contribution is 0.161. The van der Waals surface area contributed by atoms with Gasteiger partial charge in [-0.1, -0.05) is 48.5 Å². The lowest BCUT2D eigenvalue weighted by Gasteiger charge is -2.41. The van der Waals surface area contributed by atoms with Crippen LogP contribution in [-0.2, 0) is 19.4 Å². The first-order chi connectivity index (χ1) is 8.92. The molecule has 1 unspecified atom stereocenters. The first-order valence-electron chi connectivity index (χ1n) is 6.80. The van der Waals surface area contributed by atoms with Gasteiger partial charge in [-0.3, -0.25) is 4.90 Å². The molecule has 0 N–H and O–H groups in total. The van der Waals surface area contributed by atoms with Crippen LogP contribution in [0.5, 0.6) is 0 Å². The van der Waals surface area contributed by atoms with Crippen molar-refractivity contribution in [2.24, 2.45) is 0 Å². The van der Waals surface area contributed by atoms with Crippen molar-refractivity contribution in [2.75, 3.05) is 6.54 Å². The van der Waals surface area contributed by atoms with Gasteiger partial charge in [0.25, 0.3) is 0 Å². The monoisotopic (exact) mass is 259 g/mol. The summed E-state index contributed by atoms with van der Waals surface area (Å²) in [5.41, 5.74) is 6.17. The number of hydrogen-bond donors (Lipinski definition) is 0. The Bertz CT molecular complexity index is 593. The number of hydrogen-bond acceptors (Lipinski definition) is 1. The molecule has 0 aliphatic carbocycles. The Hall–Kier alpha value is -0.834. The predicted octanol–water partition coefficient (Wildman–Crippen LogP) is 2.96. The van der Waals surface area contributed by atoms with E-state index in [0.717, 1.165) is 6.54 Å². The van der Waals surface area contributed by atoms with E-state index in [0.29, 0.717) is 6.04 Å². The second kappa shape index (κ2) is 5.27. The number of fused-ring (bicyclic) bond motifs is 4. The fraction of sp³-hybridized carbons (Fsp3) is 0.294. The molecule has 0 saturated heterocycles.